The van der Waals surface area contributed by atoms with Crippen molar-refractivity contribution in [2.75, 3.05) is 31.3 Å². The molecule has 0 saturated carbocycles. The van der Waals surface area contributed by atoms with Crippen molar-refractivity contribution in [2.24, 2.45) is 5.92 Å². The largest absolute Gasteiger partial charge is 0.379 e. The molecule has 1 aliphatic heterocycles. The highest BCUT2D eigenvalue weighted by Crippen LogP contribution is 2.41. The number of benzene rings is 2. The Balaban J connectivity index is 1.40. The molecule has 10 nitrogen and oxygen atoms in total. The number of Topliss-reactive ketones (excluding diaryl/α,β-unsaturated/α-hetero) is 1. The molecular formula is C35H47N5O5. The third-order valence-corrected chi connectivity index (χ3v) is 7.71. The summed E-state index contributed by atoms with van der Waals surface area (Å²) in [6.45, 7) is 10.8. The Morgan fingerprint density at radius 2 is 1.64 bits per heavy atom. The number of para-hydroxylation sites is 1. The summed E-state index contributed by atoms with van der Waals surface area (Å²) in [4.78, 5) is 40.0. The van der Waals surface area contributed by atoms with Gasteiger partial charge in [0.05, 0.1) is 37.2 Å². The van der Waals surface area contributed by atoms with Crippen LogP contribution < -0.4 is 10.2 Å². The number of aromatic nitrogens is 3. The third kappa shape index (κ3) is 9.80. The highest BCUT2D eigenvalue weighted by molar-refractivity contribution is 6.01. The molecule has 1 aromatic heterocycles. The van der Waals surface area contributed by atoms with Crippen molar-refractivity contribution in [3.63, 3.8) is 0 Å². The van der Waals surface area contributed by atoms with Gasteiger partial charge in [0.25, 0.3) is 0 Å². The molecule has 1 aliphatic rings. The fourth-order valence-electron chi connectivity index (χ4n) is 5.30. The van der Waals surface area contributed by atoms with Crippen LogP contribution in [0.5, 0.6) is 0 Å². The van der Waals surface area contributed by atoms with Gasteiger partial charge in [-0.15, -0.1) is 5.10 Å². The van der Waals surface area contributed by atoms with E-state index in [1.807, 2.05) is 67.1 Å². The lowest BCUT2D eigenvalue weighted by Crippen LogP contribution is -2.34. The van der Waals surface area contributed by atoms with Crippen LogP contribution in [0.4, 0.5) is 5.69 Å². The summed E-state index contributed by atoms with van der Waals surface area (Å²) >= 11 is 0. The summed E-state index contributed by atoms with van der Waals surface area (Å²) in [7, 11) is 0. The maximum absolute atomic E-state index is 13.8. The van der Waals surface area contributed by atoms with Crippen LogP contribution in [0.3, 0.4) is 0 Å². The monoisotopic (exact) mass is 617 g/mol. The second kappa shape index (κ2) is 17.0. The van der Waals surface area contributed by atoms with Crippen LogP contribution in [0.25, 0.3) is 22.5 Å². The molecule has 0 saturated heterocycles. The van der Waals surface area contributed by atoms with Gasteiger partial charge in [-0.3, -0.25) is 14.4 Å². The molecule has 10 heteroatoms. The average Bonchev–Trinajstić information content (AvgIpc) is 3.43. The van der Waals surface area contributed by atoms with Crippen molar-refractivity contribution in [2.45, 2.75) is 85.4 Å². The van der Waals surface area contributed by atoms with Crippen molar-refractivity contribution in [3.8, 4) is 22.5 Å². The van der Waals surface area contributed by atoms with Crippen molar-refractivity contribution < 1.29 is 23.9 Å². The molecule has 2 amide bonds. The molecule has 242 valence electrons. The number of carbonyl (C=O) groups is 3. The van der Waals surface area contributed by atoms with Gasteiger partial charge in [0.15, 0.2) is 0 Å². The number of carbonyl (C=O) groups excluding carboxylic acids is 3. The van der Waals surface area contributed by atoms with E-state index in [-0.39, 0.29) is 36.5 Å². The number of fused-ring (bicyclic) bond motifs is 5. The van der Waals surface area contributed by atoms with Crippen molar-refractivity contribution in [3.05, 3.63) is 54.1 Å². The summed E-state index contributed by atoms with van der Waals surface area (Å²) in [5.41, 5.74) is 5.17. The Morgan fingerprint density at radius 3 is 2.42 bits per heavy atom. The summed E-state index contributed by atoms with van der Waals surface area (Å²) < 4.78 is 13.2. The zero-order valence-electron chi connectivity index (χ0n) is 27.1. The van der Waals surface area contributed by atoms with E-state index >= 15 is 0 Å². The number of hydrogen-bond donors (Lipinski definition) is 1. The lowest BCUT2D eigenvalue weighted by atomic mass is 9.95. The highest BCUT2D eigenvalue weighted by Gasteiger charge is 2.29. The second-order valence-corrected chi connectivity index (χ2v) is 12.1. The summed E-state index contributed by atoms with van der Waals surface area (Å²) in [5.74, 6) is 0.351. The maximum atomic E-state index is 13.8. The molecule has 45 heavy (non-hydrogen) atoms. The Labute approximate surface area is 266 Å². The number of hydrogen-bond acceptors (Lipinski definition) is 7. The van der Waals surface area contributed by atoms with Gasteiger partial charge in [-0.1, -0.05) is 61.5 Å². The van der Waals surface area contributed by atoms with Crippen LogP contribution in [0.15, 0.2) is 48.5 Å². The summed E-state index contributed by atoms with van der Waals surface area (Å²) in [5, 5.41) is 11.9. The van der Waals surface area contributed by atoms with E-state index in [0.29, 0.717) is 58.2 Å². The molecule has 1 N–H and O–H groups in total. The Morgan fingerprint density at radius 1 is 0.889 bits per heavy atom. The summed E-state index contributed by atoms with van der Waals surface area (Å²) in [6, 6.07) is 15.8. The van der Waals surface area contributed by atoms with Crippen molar-refractivity contribution in [1.29, 1.82) is 0 Å². The number of nitrogens with zero attached hydrogens (tertiary/aromatic N) is 4. The number of anilines is 1. The second-order valence-electron chi connectivity index (χ2n) is 12.1. The van der Waals surface area contributed by atoms with E-state index in [1.54, 1.807) is 4.90 Å². The normalized spacial score (nSPS) is 12.4. The Bertz CT molecular complexity index is 1430. The van der Waals surface area contributed by atoms with Gasteiger partial charge >= 0.3 is 0 Å². The first-order valence-electron chi connectivity index (χ1n) is 16.1. The summed E-state index contributed by atoms with van der Waals surface area (Å²) in [6.07, 6.45) is 2.91. The van der Waals surface area contributed by atoms with Crippen molar-refractivity contribution >= 4 is 23.3 Å². The molecule has 2 heterocycles. The number of aryl methyl sites for hydroxylation is 1. The third-order valence-electron chi connectivity index (χ3n) is 7.71. The van der Waals surface area contributed by atoms with Gasteiger partial charge in [0.1, 0.15) is 11.5 Å². The maximum Gasteiger partial charge on any atom is 0.227 e. The molecule has 0 radical (unpaired) electrons. The van der Waals surface area contributed by atoms with Gasteiger partial charge in [-0.2, -0.15) is 0 Å². The van der Waals surface area contributed by atoms with Crippen molar-refractivity contribution in [1.82, 2.24) is 20.3 Å². The van der Waals surface area contributed by atoms with E-state index in [1.165, 1.54) is 0 Å². The van der Waals surface area contributed by atoms with Crippen LogP contribution in [-0.2, 0) is 36.9 Å². The Hall–Kier alpha value is -3.89. The van der Waals surface area contributed by atoms with Crippen LogP contribution in [0.1, 0.15) is 71.8 Å². The van der Waals surface area contributed by atoms with E-state index in [4.69, 9.17) is 9.47 Å². The molecule has 0 aliphatic carbocycles. The van der Waals surface area contributed by atoms with Gasteiger partial charge in [-0.25, -0.2) is 4.68 Å². The number of nitrogens with one attached hydrogen (secondary N) is 1. The zero-order valence-corrected chi connectivity index (χ0v) is 27.1. The van der Waals surface area contributed by atoms with Gasteiger partial charge in [0.2, 0.25) is 11.8 Å². The molecule has 3 aromatic rings. The average molecular weight is 618 g/mol. The number of amides is 2. The lowest BCUT2D eigenvalue weighted by molar-refractivity contribution is -0.125. The Kier molecular flexibility index (Phi) is 12.8. The van der Waals surface area contributed by atoms with Crippen LogP contribution in [0, 0.1) is 5.92 Å². The minimum absolute atomic E-state index is 0.0600. The van der Waals surface area contributed by atoms with E-state index in [2.05, 4.69) is 29.5 Å². The van der Waals surface area contributed by atoms with Gasteiger partial charge < -0.3 is 19.7 Å². The van der Waals surface area contributed by atoms with Crippen LogP contribution in [0.2, 0.25) is 0 Å². The van der Waals surface area contributed by atoms with Gasteiger partial charge in [-0.05, 0) is 44.2 Å². The van der Waals surface area contributed by atoms with E-state index in [9.17, 15) is 14.4 Å². The van der Waals surface area contributed by atoms with E-state index in [0.717, 1.165) is 46.6 Å². The fraction of sp³-hybridized carbons (Fsp3) is 0.514. The van der Waals surface area contributed by atoms with Gasteiger partial charge in [0, 0.05) is 56.5 Å². The van der Waals surface area contributed by atoms with Crippen LogP contribution in [-0.4, -0.2) is 65.1 Å². The first-order valence-corrected chi connectivity index (χ1v) is 16.1. The molecular weight excluding hydrogens is 570 g/mol. The molecule has 0 spiro atoms. The zero-order chi connectivity index (χ0) is 32.2. The molecule has 0 atom stereocenters. The standard InChI is InChI=1S/C35H47N5O5/c1-25(2)14-15-28(41)18-22-44-23-19-36-32(42)16-17-33(43)39-24-27-10-5-6-11-29(27)34-35(30-12-7-8-13-31(30)39)40(38-37-34)20-9-21-45-26(3)4/h5-8,10-13,25-26H,9,14-24H2,1-4H3,(H,36,42). The minimum Gasteiger partial charge on any atom is -0.379 e. The predicted octanol–water partition coefficient (Wildman–Crippen LogP) is 5.58. The SMILES string of the molecule is CC(C)CCC(=O)CCOCCNC(=O)CCC(=O)N1Cc2ccccc2-c2nnn(CCCOC(C)C)c2-c2ccccc21. The first-order chi connectivity index (χ1) is 21.7. The predicted molar refractivity (Wildman–Crippen MR) is 175 cm³/mol. The number of ether oxygens (including phenoxy) is 2. The molecule has 0 bridgehead atoms. The van der Waals surface area contributed by atoms with E-state index < -0.39 is 0 Å². The molecule has 0 unspecified atom stereocenters. The molecule has 0 fully saturated rings. The first kappa shape index (κ1) is 34.0. The molecule has 4 rings (SSSR count). The quantitative estimate of drug-likeness (QED) is 0.197. The topological polar surface area (TPSA) is 116 Å². The smallest absolute Gasteiger partial charge is 0.227 e. The molecule has 2 aromatic carbocycles. The highest BCUT2D eigenvalue weighted by atomic mass is 16.5. The van der Waals surface area contributed by atoms with Crippen LogP contribution >= 0.6 is 0 Å². The lowest BCUT2D eigenvalue weighted by Gasteiger charge is -2.28. The number of ketones is 1. The minimum atomic E-state index is -0.214. The fourth-order valence-corrected chi connectivity index (χ4v) is 5.30. The number of rotatable bonds is 17.